The highest BCUT2D eigenvalue weighted by atomic mass is 32.2. The predicted octanol–water partition coefficient (Wildman–Crippen LogP) is 3.71. The van der Waals surface area contributed by atoms with Crippen molar-refractivity contribution < 1.29 is 22.0 Å². The van der Waals surface area contributed by atoms with Gasteiger partial charge in [0.15, 0.2) is 5.76 Å². The van der Waals surface area contributed by atoms with Gasteiger partial charge in [-0.3, -0.25) is 9.52 Å². The van der Waals surface area contributed by atoms with Crippen LogP contribution in [0.3, 0.4) is 0 Å². The highest BCUT2D eigenvalue weighted by molar-refractivity contribution is 7.92. The van der Waals surface area contributed by atoms with Gasteiger partial charge in [0.05, 0.1) is 11.8 Å². The first-order valence-electron chi connectivity index (χ1n) is 7.56. The molecular weight excluding hydrogens is 359 g/mol. The van der Waals surface area contributed by atoms with Gasteiger partial charge < -0.3 is 9.73 Å². The van der Waals surface area contributed by atoms with Gasteiger partial charge in [-0.1, -0.05) is 12.1 Å². The van der Waals surface area contributed by atoms with Crippen LogP contribution in [0, 0.1) is 5.82 Å². The largest absolute Gasteiger partial charge is 0.451 e. The number of halogens is 1. The van der Waals surface area contributed by atoms with Crippen LogP contribution in [0.5, 0.6) is 0 Å². The summed E-state index contributed by atoms with van der Waals surface area (Å²) >= 11 is 0. The quantitative estimate of drug-likeness (QED) is 0.713. The van der Waals surface area contributed by atoms with Crippen LogP contribution in [0.25, 0.3) is 11.3 Å². The van der Waals surface area contributed by atoms with Crippen LogP contribution in [-0.2, 0) is 10.0 Å². The standard InChI is InChI=1S/C18H15FN2O4S/c1-26(23,24)21-13-8-6-12(7-9-13)20-18(22)17-11-10-16(25-17)14-4-2-3-5-15(14)19/h2-11,21H,1H3,(H,20,22). The molecule has 0 aliphatic carbocycles. The molecule has 0 saturated carbocycles. The van der Waals surface area contributed by atoms with Crippen LogP contribution in [-0.4, -0.2) is 20.6 Å². The van der Waals surface area contributed by atoms with E-state index in [4.69, 9.17) is 4.42 Å². The highest BCUT2D eigenvalue weighted by Gasteiger charge is 2.14. The van der Waals surface area contributed by atoms with Gasteiger partial charge in [-0.2, -0.15) is 0 Å². The SMILES string of the molecule is CS(=O)(=O)Nc1ccc(NC(=O)c2ccc(-c3ccccc3F)o2)cc1. The van der Waals surface area contributed by atoms with Crippen molar-refractivity contribution in [3.63, 3.8) is 0 Å². The van der Waals surface area contributed by atoms with E-state index in [0.29, 0.717) is 11.4 Å². The van der Waals surface area contributed by atoms with Gasteiger partial charge in [0.2, 0.25) is 10.0 Å². The summed E-state index contributed by atoms with van der Waals surface area (Å²) in [5.41, 5.74) is 1.10. The fraction of sp³-hybridized carbons (Fsp3) is 0.0556. The van der Waals surface area contributed by atoms with Crippen LogP contribution in [0.15, 0.2) is 65.1 Å². The molecule has 26 heavy (non-hydrogen) atoms. The Kier molecular flexibility index (Phi) is 4.77. The zero-order valence-electron chi connectivity index (χ0n) is 13.7. The Bertz CT molecular complexity index is 1040. The fourth-order valence-electron chi connectivity index (χ4n) is 2.29. The molecular formula is C18H15FN2O4S. The molecule has 0 fully saturated rings. The van der Waals surface area contributed by atoms with E-state index in [9.17, 15) is 17.6 Å². The first-order valence-corrected chi connectivity index (χ1v) is 9.45. The van der Waals surface area contributed by atoms with Gasteiger partial charge in [-0.05, 0) is 48.5 Å². The van der Waals surface area contributed by atoms with E-state index in [1.165, 1.54) is 30.3 Å². The molecule has 0 saturated heterocycles. The fourth-order valence-corrected chi connectivity index (χ4v) is 2.86. The topological polar surface area (TPSA) is 88.4 Å². The average Bonchev–Trinajstić information content (AvgIpc) is 3.06. The Morgan fingerprint density at radius 1 is 0.962 bits per heavy atom. The first kappa shape index (κ1) is 17.7. The number of nitrogens with one attached hydrogen (secondary N) is 2. The Morgan fingerprint density at radius 3 is 2.27 bits per heavy atom. The maximum absolute atomic E-state index is 13.8. The maximum atomic E-state index is 13.8. The van der Waals surface area contributed by atoms with Crippen molar-refractivity contribution >= 4 is 27.3 Å². The summed E-state index contributed by atoms with van der Waals surface area (Å²) in [4.78, 5) is 12.2. The van der Waals surface area contributed by atoms with Gasteiger partial charge in [0, 0.05) is 11.4 Å². The molecule has 0 unspecified atom stereocenters. The molecule has 1 heterocycles. The lowest BCUT2D eigenvalue weighted by Crippen LogP contribution is -2.11. The minimum Gasteiger partial charge on any atom is -0.451 e. The van der Waals surface area contributed by atoms with Crippen LogP contribution in [0.1, 0.15) is 10.6 Å². The molecule has 0 spiro atoms. The average molecular weight is 374 g/mol. The van der Waals surface area contributed by atoms with E-state index in [1.807, 2.05) is 0 Å². The van der Waals surface area contributed by atoms with E-state index >= 15 is 0 Å². The van der Waals surface area contributed by atoms with Crippen molar-refractivity contribution in [2.75, 3.05) is 16.3 Å². The lowest BCUT2D eigenvalue weighted by molar-refractivity contribution is 0.0997. The molecule has 0 radical (unpaired) electrons. The summed E-state index contributed by atoms with van der Waals surface area (Å²) < 4.78 is 43.9. The second kappa shape index (κ2) is 7.01. The number of hydrogen-bond acceptors (Lipinski definition) is 4. The number of anilines is 2. The number of sulfonamides is 1. The van der Waals surface area contributed by atoms with Crippen molar-refractivity contribution in [3.05, 3.63) is 72.2 Å². The molecule has 2 N–H and O–H groups in total. The molecule has 0 aliphatic heterocycles. The lowest BCUT2D eigenvalue weighted by atomic mass is 10.1. The monoisotopic (exact) mass is 374 g/mol. The second-order valence-electron chi connectivity index (χ2n) is 5.55. The number of rotatable bonds is 5. The minimum absolute atomic E-state index is 0.0293. The van der Waals surface area contributed by atoms with Crippen molar-refractivity contribution in [3.8, 4) is 11.3 Å². The van der Waals surface area contributed by atoms with Gasteiger partial charge in [-0.15, -0.1) is 0 Å². The summed E-state index contributed by atoms with van der Waals surface area (Å²) in [6, 6.07) is 15.2. The molecule has 2 aromatic carbocycles. The van der Waals surface area contributed by atoms with Crippen LogP contribution in [0.4, 0.5) is 15.8 Å². The number of amides is 1. The van der Waals surface area contributed by atoms with Crippen LogP contribution < -0.4 is 10.0 Å². The highest BCUT2D eigenvalue weighted by Crippen LogP contribution is 2.25. The second-order valence-corrected chi connectivity index (χ2v) is 7.30. The molecule has 8 heteroatoms. The number of carbonyl (C=O) groups excluding carboxylic acids is 1. The van der Waals surface area contributed by atoms with Gasteiger partial charge in [0.25, 0.3) is 5.91 Å². The molecule has 1 amide bonds. The number of furan rings is 1. The smallest absolute Gasteiger partial charge is 0.291 e. The predicted molar refractivity (Wildman–Crippen MR) is 97.0 cm³/mol. The number of carbonyl (C=O) groups is 1. The van der Waals surface area contributed by atoms with Crippen LogP contribution >= 0.6 is 0 Å². The Morgan fingerprint density at radius 2 is 1.62 bits per heavy atom. The lowest BCUT2D eigenvalue weighted by Gasteiger charge is -2.06. The third-order valence-electron chi connectivity index (χ3n) is 3.42. The van der Waals surface area contributed by atoms with Crippen molar-refractivity contribution in [1.29, 1.82) is 0 Å². The third-order valence-corrected chi connectivity index (χ3v) is 4.02. The molecule has 1 aromatic heterocycles. The van der Waals surface area contributed by atoms with E-state index < -0.39 is 21.7 Å². The molecule has 3 aromatic rings. The number of benzene rings is 2. The number of hydrogen-bond donors (Lipinski definition) is 2. The minimum atomic E-state index is -3.37. The molecule has 0 aliphatic rings. The molecule has 0 atom stereocenters. The normalized spacial score (nSPS) is 11.2. The van der Waals surface area contributed by atoms with Crippen molar-refractivity contribution in [1.82, 2.24) is 0 Å². The van der Waals surface area contributed by atoms with E-state index in [-0.39, 0.29) is 17.1 Å². The van der Waals surface area contributed by atoms with Gasteiger partial charge in [-0.25, -0.2) is 12.8 Å². The van der Waals surface area contributed by atoms with E-state index in [1.54, 1.807) is 30.3 Å². The molecule has 134 valence electrons. The summed E-state index contributed by atoms with van der Waals surface area (Å²) in [6.07, 6.45) is 1.05. The summed E-state index contributed by atoms with van der Waals surface area (Å²) in [7, 11) is -3.37. The molecule has 0 bridgehead atoms. The molecule has 3 rings (SSSR count). The Hall–Kier alpha value is -3.13. The zero-order valence-corrected chi connectivity index (χ0v) is 14.5. The first-order chi connectivity index (χ1) is 12.3. The zero-order chi connectivity index (χ0) is 18.7. The van der Waals surface area contributed by atoms with Gasteiger partial charge >= 0.3 is 0 Å². The Labute approximate surface area is 149 Å². The van der Waals surface area contributed by atoms with E-state index in [2.05, 4.69) is 10.0 Å². The van der Waals surface area contributed by atoms with Crippen molar-refractivity contribution in [2.24, 2.45) is 0 Å². The van der Waals surface area contributed by atoms with Gasteiger partial charge in [0.1, 0.15) is 11.6 Å². The third kappa shape index (κ3) is 4.28. The Balaban J connectivity index is 1.72. The summed E-state index contributed by atoms with van der Waals surface area (Å²) in [6.45, 7) is 0. The van der Waals surface area contributed by atoms with Crippen molar-refractivity contribution in [2.45, 2.75) is 0 Å². The summed E-state index contributed by atoms with van der Waals surface area (Å²) in [5, 5.41) is 2.62. The van der Waals surface area contributed by atoms with Crippen LogP contribution in [0.2, 0.25) is 0 Å². The maximum Gasteiger partial charge on any atom is 0.291 e. The summed E-state index contributed by atoms with van der Waals surface area (Å²) in [5.74, 6) is -0.665. The van der Waals surface area contributed by atoms with E-state index in [0.717, 1.165) is 6.26 Å². The molecule has 6 nitrogen and oxygen atoms in total.